The molecule has 0 atom stereocenters. The molecule has 0 radical (unpaired) electrons. The average molecular weight is 501 g/mol. The van der Waals surface area contributed by atoms with E-state index in [0.29, 0.717) is 18.5 Å². The van der Waals surface area contributed by atoms with Gasteiger partial charge in [0.2, 0.25) is 10.0 Å². The summed E-state index contributed by atoms with van der Waals surface area (Å²) in [5.41, 5.74) is -2.92. The molecule has 34 heavy (non-hydrogen) atoms. The second kappa shape index (κ2) is 9.46. The zero-order valence-electron chi connectivity index (χ0n) is 19.1. The number of hydrogen-bond acceptors (Lipinski definition) is 5. The van der Waals surface area contributed by atoms with Gasteiger partial charge in [-0.15, -0.1) is 0 Å². The van der Waals surface area contributed by atoms with Gasteiger partial charge in [-0.25, -0.2) is 13.2 Å². The van der Waals surface area contributed by atoms with Gasteiger partial charge in [0.25, 0.3) is 0 Å². The second-order valence-corrected chi connectivity index (χ2v) is 10.8. The van der Waals surface area contributed by atoms with Crippen LogP contribution >= 0.6 is 0 Å². The molecular formula is C23H27F3N2O5S. The summed E-state index contributed by atoms with van der Waals surface area (Å²) >= 11 is 0. The van der Waals surface area contributed by atoms with E-state index in [1.165, 1.54) is 40.7 Å². The van der Waals surface area contributed by atoms with E-state index in [9.17, 15) is 26.4 Å². The molecule has 7 nitrogen and oxygen atoms in total. The molecule has 11 heteroatoms. The summed E-state index contributed by atoms with van der Waals surface area (Å²) in [6.07, 6.45) is -4.66. The van der Waals surface area contributed by atoms with Crippen molar-refractivity contribution >= 4 is 21.8 Å². The molecule has 2 aromatic rings. The van der Waals surface area contributed by atoms with Gasteiger partial charge in [-0.1, -0.05) is 18.2 Å². The summed E-state index contributed by atoms with van der Waals surface area (Å²) < 4.78 is 76.4. The molecule has 1 amide bonds. The van der Waals surface area contributed by atoms with Gasteiger partial charge in [-0.05, 0) is 57.2 Å². The van der Waals surface area contributed by atoms with Crippen molar-refractivity contribution in [1.82, 2.24) is 4.31 Å². The number of nitrogens with one attached hydrogen (secondary N) is 1. The van der Waals surface area contributed by atoms with Crippen LogP contribution in [-0.4, -0.2) is 49.3 Å². The van der Waals surface area contributed by atoms with Crippen LogP contribution in [-0.2, 0) is 14.8 Å². The van der Waals surface area contributed by atoms with Crippen LogP contribution < -0.4 is 10.1 Å². The van der Waals surface area contributed by atoms with Crippen molar-refractivity contribution in [1.29, 1.82) is 0 Å². The summed E-state index contributed by atoms with van der Waals surface area (Å²) in [5.74, 6) is 0.000187. The van der Waals surface area contributed by atoms with Crippen LogP contribution in [0.4, 0.5) is 23.7 Å². The van der Waals surface area contributed by atoms with E-state index in [1.807, 2.05) is 0 Å². The SMILES string of the molecule is CC1(OC(=O)Nc2ccc(OC(C)(C)C(F)(F)F)cc2)CCN(S(=O)(=O)c2ccccc2)CC1. The minimum atomic E-state index is -4.54. The third-order valence-electron chi connectivity index (χ3n) is 5.66. The molecule has 0 aliphatic carbocycles. The number of rotatable bonds is 6. The molecule has 2 aromatic carbocycles. The van der Waals surface area contributed by atoms with Crippen molar-refractivity contribution in [3.63, 3.8) is 0 Å². The van der Waals surface area contributed by atoms with Gasteiger partial charge < -0.3 is 9.47 Å². The Hall–Kier alpha value is -2.79. The fraction of sp³-hybridized carbons (Fsp3) is 0.435. The number of piperidine rings is 1. The Morgan fingerprint density at radius 3 is 2.09 bits per heavy atom. The van der Waals surface area contributed by atoms with Crippen LogP contribution in [0.25, 0.3) is 0 Å². The number of carbonyl (C=O) groups is 1. The smallest absolute Gasteiger partial charge is 0.427 e. The van der Waals surface area contributed by atoms with Crippen LogP contribution in [0.15, 0.2) is 59.5 Å². The molecule has 0 unspecified atom stereocenters. The van der Waals surface area contributed by atoms with E-state index in [2.05, 4.69) is 5.32 Å². The van der Waals surface area contributed by atoms with Crippen molar-refractivity contribution in [3.8, 4) is 5.75 Å². The van der Waals surface area contributed by atoms with E-state index in [4.69, 9.17) is 9.47 Å². The van der Waals surface area contributed by atoms with Crippen molar-refractivity contribution in [3.05, 3.63) is 54.6 Å². The first kappa shape index (κ1) is 25.8. The van der Waals surface area contributed by atoms with Gasteiger partial charge in [-0.2, -0.15) is 17.5 Å². The van der Waals surface area contributed by atoms with Crippen molar-refractivity contribution < 1.29 is 35.9 Å². The zero-order chi connectivity index (χ0) is 25.2. The molecule has 0 saturated carbocycles. The number of anilines is 1. The van der Waals surface area contributed by atoms with E-state index in [-0.39, 0.29) is 23.7 Å². The number of sulfonamides is 1. The van der Waals surface area contributed by atoms with Crippen LogP contribution in [0.1, 0.15) is 33.6 Å². The third kappa shape index (κ3) is 6.01. The first-order valence-corrected chi connectivity index (χ1v) is 12.1. The molecule has 1 N–H and O–H groups in total. The maximum atomic E-state index is 13.0. The zero-order valence-corrected chi connectivity index (χ0v) is 19.9. The fourth-order valence-corrected chi connectivity index (χ4v) is 4.83. The largest absolute Gasteiger partial charge is 0.478 e. The monoisotopic (exact) mass is 500 g/mol. The molecular weight excluding hydrogens is 473 g/mol. The van der Waals surface area contributed by atoms with Gasteiger partial charge in [0.15, 0.2) is 5.60 Å². The van der Waals surface area contributed by atoms with Crippen LogP contribution in [0, 0.1) is 0 Å². The predicted molar refractivity (Wildman–Crippen MR) is 120 cm³/mol. The molecule has 1 aliphatic heterocycles. The molecule has 0 spiro atoms. The lowest BCUT2D eigenvalue weighted by molar-refractivity contribution is -0.234. The standard InChI is InChI=1S/C23H27F3N2O5S/c1-21(2,23(24,25)26)32-18-11-9-17(10-12-18)27-20(29)33-22(3)13-15-28(16-14-22)34(30,31)19-7-5-4-6-8-19/h4-12H,13-16H2,1-3H3,(H,27,29). The van der Waals surface area contributed by atoms with Crippen LogP contribution in [0.2, 0.25) is 0 Å². The number of ether oxygens (including phenoxy) is 2. The summed E-state index contributed by atoms with van der Waals surface area (Å²) in [5, 5.41) is 2.53. The topological polar surface area (TPSA) is 84.9 Å². The van der Waals surface area contributed by atoms with Crippen molar-refractivity contribution in [2.75, 3.05) is 18.4 Å². The maximum Gasteiger partial charge on any atom is 0.427 e. The van der Waals surface area contributed by atoms with E-state index < -0.39 is 33.5 Å². The number of benzene rings is 2. The molecule has 0 aromatic heterocycles. The van der Waals surface area contributed by atoms with Gasteiger partial charge in [0.05, 0.1) is 4.90 Å². The predicted octanol–water partition coefficient (Wildman–Crippen LogP) is 5.20. The Morgan fingerprint density at radius 2 is 1.56 bits per heavy atom. The minimum absolute atomic E-state index is 0.000187. The lowest BCUT2D eigenvalue weighted by Crippen LogP contribution is -2.47. The summed E-state index contributed by atoms with van der Waals surface area (Å²) in [6, 6.07) is 13.6. The molecule has 0 bridgehead atoms. The Bertz CT molecular complexity index is 1100. The number of nitrogens with zero attached hydrogens (tertiary/aromatic N) is 1. The highest BCUT2D eigenvalue weighted by atomic mass is 32.2. The normalized spacial score (nSPS) is 17.1. The number of amides is 1. The Balaban J connectivity index is 1.54. The van der Waals surface area contributed by atoms with Gasteiger partial charge >= 0.3 is 12.3 Å². The highest BCUT2D eigenvalue weighted by Crippen LogP contribution is 2.34. The fourth-order valence-electron chi connectivity index (χ4n) is 3.37. The third-order valence-corrected chi connectivity index (χ3v) is 7.57. The second-order valence-electron chi connectivity index (χ2n) is 8.82. The van der Waals surface area contributed by atoms with Crippen molar-refractivity contribution in [2.45, 2.75) is 55.9 Å². The van der Waals surface area contributed by atoms with Gasteiger partial charge in [0.1, 0.15) is 11.4 Å². The Labute approximate surface area is 196 Å². The first-order valence-electron chi connectivity index (χ1n) is 10.6. The Morgan fingerprint density at radius 1 is 1.00 bits per heavy atom. The van der Waals surface area contributed by atoms with Gasteiger partial charge in [-0.3, -0.25) is 5.32 Å². The average Bonchev–Trinajstić information content (AvgIpc) is 2.75. The number of hydrogen-bond donors (Lipinski definition) is 1. The van der Waals surface area contributed by atoms with E-state index >= 15 is 0 Å². The highest BCUT2D eigenvalue weighted by molar-refractivity contribution is 7.89. The van der Waals surface area contributed by atoms with E-state index in [0.717, 1.165) is 13.8 Å². The van der Waals surface area contributed by atoms with Crippen LogP contribution in [0.5, 0.6) is 5.75 Å². The summed E-state index contributed by atoms with van der Waals surface area (Å²) in [7, 11) is -3.62. The Kier molecular flexibility index (Phi) is 7.18. The number of halogens is 3. The molecule has 1 heterocycles. The molecule has 1 saturated heterocycles. The van der Waals surface area contributed by atoms with Crippen LogP contribution in [0.3, 0.4) is 0 Å². The number of alkyl halides is 3. The molecule has 3 rings (SSSR count). The lowest BCUT2D eigenvalue weighted by atomic mass is 9.95. The quantitative estimate of drug-likeness (QED) is 0.590. The summed E-state index contributed by atoms with van der Waals surface area (Å²) in [4.78, 5) is 12.6. The lowest BCUT2D eigenvalue weighted by Gasteiger charge is -2.38. The maximum absolute atomic E-state index is 13.0. The first-order chi connectivity index (χ1) is 15.7. The molecule has 1 fully saturated rings. The van der Waals surface area contributed by atoms with Crippen molar-refractivity contribution in [2.24, 2.45) is 0 Å². The summed E-state index contributed by atoms with van der Waals surface area (Å²) in [6.45, 7) is 3.97. The van der Waals surface area contributed by atoms with E-state index in [1.54, 1.807) is 25.1 Å². The molecule has 1 aliphatic rings. The van der Waals surface area contributed by atoms with Gasteiger partial charge in [0, 0.05) is 31.6 Å². The molecule has 186 valence electrons. The number of carbonyl (C=O) groups excluding carboxylic acids is 1. The minimum Gasteiger partial charge on any atom is -0.478 e. The highest BCUT2D eigenvalue weighted by Gasteiger charge is 2.49.